The van der Waals surface area contributed by atoms with Crippen LogP contribution in [0.4, 0.5) is 0 Å². The number of fused-ring (bicyclic) bond motifs is 1. The van der Waals surface area contributed by atoms with E-state index in [0.29, 0.717) is 32.8 Å². The third kappa shape index (κ3) is 6.77. The average Bonchev–Trinajstić information content (AvgIpc) is 3.20. The fourth-order valence-corrected chi connectivity index (χ4v) is 5.01. The maximum Gasteiger partial charge on any atom is 0.237 e. The third-order valence-corrected chi connectivity index (χ3v) is 6.51. The van der Waals surface area contributed by atoms with Crippen molar-refractivity contribution in [3.05, 3.63) is 51.7 Å². The number of hydrogen-bond acceptors (Lipinski definition) is 6. The van der Waals surface area contributed by atoms with Gasteiger partial charge in [-0.1, -0.05) is 12.1 Å². The first kappa shape index (κ1) is 23.7. The van der Waals surface area contributed by atoms with Crippen molar-refractivity contribution in [1.82, 2.24) is 9.80 Å². The fraction of sp³-hybridized carbons (Fsp3) is 0.542. The van der Waals surface area contributed by atoms with E-state index in [1.165, 1.54) is 10.4 Å². The lowest BCUT2D eigenvalue weighted by Gasteiger charge is -2.37. The minimum atomic E-state index is -0.486. The van der Waals surface area contributed by atoms with E-state index < -0.39 is 6.10 Å². The van der Waals surface area contributed by atoms with E-state index in [1.54, 1.807) is 25.4 Å². The summed E-state index contributed by atoms with van der Waals surface area (Å²) in [5.41, 5.74) is 2.34. The van der Waals surface area contributed by atoms with Crippen molar-refractivity contribution < 1.29 is 19.4 Å². The highest BCUT2D eigenvalue weighted by Gasteiger charge is 2.32. The Morgan fingerprint density at radius 1 is 1.39 bits per heavy atom. The number of hydrogen-bond donors (Lipinski definition) is 1. The number of methoxy groups -OCH3 is 1. The molecule has 1 N–H and O–H groups in total. The van der Waals surface area contributed by atoms with Crippen LogP contribution in [0.5, 0.6) is 5.75 Å². The van der Waals surface area contributed by atoms with Crippen molar-refractivity contribution in [3.63, 3.8) is 0 Å². The Kier molecular flexibility index (Phi) is 8.90. The van der Waals surface area contributed by atoms with Gasteiger partial charge >= 0.3 is 0 Å². The Labute approximate surface area is 189 Å². The number of aliphatic hydroxyl groups is 1. The molecule has 0 saturated carbocycles. The van der Waals surface area contributed by atoms with Crippen LogP contribution in [0, 0.1) is 6.92 Å². The largest absolute Gasteiger partial charge is 0.491 e. The zero-order valence-electron chi connectivity index (χ0n) is 18.8. The van der Waals surface area contributed by atoms with Gasteiger partial charge in [0.05, 0.1) is 18.7 Å². The molecule has 2 atom stereocenters. The molecule has 1 aliphatic heterocycles. The van der Waals surface area contributed by atoms with Gasteiger partial charge in [-0.3, -0.25) is 9.69 Å². The molecule has 0 aliphatic carbocycles. The number of amides is 1. The summed E-state index contributed by atoms with van der Waals surface area (Å²) in [5, 5.41) is 12.0. The molecule has 3 rings (SSSR count). The lowest BCUT2D eigenvalue weighted by atomic mass is 10.0. The van der Waals surface area contributed by atoms with Gasteiger partial charge in [0.25, 0.3) is 0 Å². The number of carbonyl (C=O) groups is 1. The molecule has 1 aromatic carbocycles. The van der Waals surface area contributed by atoms with E-state index in [-0.39, 0.29) is 18.5 Å². The number of ether oxygens (including phenoxy) is 2. The van der Waals surface area contributed by atoms with E-state index in [1.807, 2.05) is 41.0 Å². The molecule has 7 heteroatoms. The van der Waals surface area contributed by atoms with Crippen LogP contribution >= 0.6 is 11.3 Å². The minimum absolute atomic E-state index is 0.0766. The van der Waals surface area contributed by atoms with Gasteiger partial charge in [0, 0.05) is 38.2 Å². The molecule has 0 unspecified atom stereocenters. The molecule has 0 bridgehead atoms. The molecule has 2 aromatic rings. The quantitative estimate of drug-likeness (QED) is 0.537. The zero-order chi connectivity index (χ0) is 22.2. The van der Waals surface area contributed by atoms with Crippen molar-refractivity contribution in [3.8, 4) is 5.75 Å². The number of carbonyl (C=O) groups excluding carboxylic acids is 1. The van der Waals surface area contributed by atoms with Crippen LogP contribution in [0.25, 0.3) is 0 Å². The van der Waals surface area contributed by atoms with Crippen LogP contribution in [0.2, 0.25) is 0 Å². The summed E-state index contributed by atoms with van der Waals surface area (Å²) in [6.45, 7) is 7.03. The normalized spacial score (nSPS) is 16.9. The molecular formula is C24H34N2O4S. The first-order valence-electron chi connectivity index (χ1n) is 10.9. The van der Waals surface area contributed by atoms with Gasteiger partial charge in [-0.25, -0.2) is 0 Å². The summed E-state index contributed by atoms with van der Waals surface area (Å²) in [7, 11) is 1.68. The van der Waals surface area contributed by atoms with Crippen LogP contribution in [0.15, 0.2) is 35.7 Å². The van der Waals surface area contributed by atoms with E-state index in [9.17, 15) is 9.90 Å². The number of benzene rings is 1. The summed E-state index contributed by atoms with van der Waals surface area (Å²) in [6.07, 6.45) is 1.21. The fourth-order valence-electron chi connectivity index (χ4n) is 4.08. The Morgan fingerprint density at radius 2 is 2.23 bits per heavy atom. The lowest BCUT2D eigenvalue weighted by molar-refractivity contribution is -0.136. The lowest BCUT2D eigenvalue weighted by Crippen LogP contribution is -2.47. The third-order valence-electron chi connectivity index (χ3n) is 5.52. The second-order valence-corrected chi connectivity index (χ2v) is 9.21. The Hall–Kier alpha value is -1.93. The SMILES string of the molecule is COCCCN(CC(=O)N1CCc2sccc2[C@H]1COc1cccc(C)c1)C[C@@H](C)O. The molecule has 6 nitrogen and oxygen atoms in total. The molecule has 0 fully saturated rings. The molecule has 1 aromatic heterocycles. The maximum absolute atomic E-state index is 13.3. The standard InChI is InChI=1S/C24H34N2O4S/c1-18-6-4-7-20(14-18)30-17-22-21-9-13-31-23(21)8-11-26(22)24(28)16-25(15-19(2)27)10-5-12-29-3/h4,6-7,9,13-14,19,22,27H,5,8,10-12,15-17H2,1-3H3/t19-,22-/m1/s1. The Balaban J connectivity index is 1.71. The van der Waals surface area contributed by atoms with Crippen LogP contribution in [0.1, 0.15) is 35.4 Å². The summed E-state index contributed by atoms with van der Waals surface area (Å²) < 4.78 is 11.3. The molecule has 1 amide bonds. The van der Waals surface area contributed by atoms with Crippen molar-refractivity contribution in [2.24, 2.45) is 0 Å². The van der Waals surface area contributed by atoms with Gasteiger partial charge in [0.15, 0.2) is 0 Å². The van der Waals surface area contributed by atoms with Crippen LogP contribution in [0.3, 0.4) is 0 Å². The maximum atomic E-state index is 13.3. The van der Waals surface area contributed by atoms with E-state index >= 15 is 0 Å². The molecule has 2 heterocycles. The monoisotopic (exact) mass is 446 g/mol. The van der Waals surface area contributed by atoms with Gasteiger partial charge in [0.1, 0.15) is 12.4 Å². The summed E-state index contributed by atoms with van der Waals surface area (Å²) in [4.78, 5) is 18.7. The minimum Gasteiger partial charge on any atom is -0.491 e. The predicted octanol–water partition coefficient (Wildman–Crippen LogP) is 3.28. The molecule has 31 heavy (non-hydrogen) atoms. The first-order valence-corrected chi connectivity index (χ1v) is 11.8. The predicted molar refractivity (Wildman–Crippen MR) is 124 cm³/mol. The van der Waals surface area contributed by atoms with Crippen molar-refractivity contribution >= 4 is 17.2 Å². The second kappa shape index (κ2) is 11.6. The number of aryl methyl sites for hydroxylation is 1. The van der Waals surface area contributed by atoms with Gasteiger partial charge < -0.3 is 19.5 Å². The number of nitrogens with zero attached hydrogens (tertiary/aromatic N) is 2. The highest BCUT2D eigenvalue weighted by molar-refractivity contribution is 7.10. The van der Waals surface area contributed by atoms with Crippen LogP contribution < -0.4 is 4.74 Å². The van der Waals surface area contributed by atoms with Crippen LogP contribution in [-0.2, 0) is 16.0 Å². The van der Waals surface area contributed by atoms with Gasteiger partial charge in [-0.15, -0.1) is 11.3 Å². The molecular weight excluding hydrogens is 412 g/mol. The number of thiophene rings is 1. The molecule has 0 radical (unpaired) electrons. The van der Waals surface area contributed by atoms with Crippen molar-refractivity contribution in [2.45, 2.75) is 38.8 Å². The first-order chi connectivity index (χ1) is 15.0. The highest BCUT2D eigenvalue weighted by Crippen LogP contribution is 2.34. The van der Waals surface area contributed by atoms with E-state index in [0.717, 1.165) is 24.2 Å². The van der Waals surface area contributed by atoms with Gasteiger partial charge in [0.2, 0.25) is 5.91 Å². The Morgan fingerprint density at radius 3 is 2.97 bits per heavy atom. The van der Waals surface area contributed by atoms with Crippen molar-refractivity contribution in [1.29, 1.82) is 0 Å². The molecule has 1 aliphatic rings. The average molecular weight is 447 g/mol. The van der Waals surface area contributed by atoms with E-state index in [2.05, 4.69) is 11.4 Å². The van der Waals surface area contributed by atoms with Crippen LogP contribution in [-0.4, -0.2) is 73.4 Å². The highest BCUT2D eigenvalue weighted by atomic mass is 32.1. The molecule has 170 valence electrons. The van der Waals surface area contributed by atoms with Crippen molar-refractivity contribution in [2.75, 3.05) is 46.5 Å². The number of aliphatic hydroxyl groups excluding tert-OH is 1. The summed E-state index contributed by atoms with van der Waals surface area (Å²) >= 11 is 1.75. The van der Waals surface area contributed by atoms with E-state index in [4.69, 9.17) is 9.47 Å². The molecule has 0 spiro atoms. The second-order valence-electron chi connectivity index (χ2n) is 8.21. The topological polar surface area (TPSA) is 62.2 Å². The molecule has 0 saturated heterocycles. The van der Waals surface area contributed by atoms with Gasteiger partial charge in [-0.2, -0.15) is 0 Å². The number of rotatable bonds is 11. The van der Waals surface area contributed by atoms with Gasteiger partial charge in [-0.05, 0) is 61.4 Å². The Bertz CT molecular complexity index is 838. The zero-order valence-corrected chi connectivity index (χ0v) is 19.6. The summed E-state index contributed by atoms with van der Waals surface area (Å²) in [6, 6.07) is 10.0. The smallest absolute Gasteiger partial charge is 0.237 e. The summed E-state index contributed by atoms with van der Waals surface area (Å²) in [5.74, 6) is 0.901.